The van der Waals surface area contributed by atoms with Gasteiger partial charge in [-0.2, -0.15) is 0 Å². The van der Waals surface area contributed by atoms with Crippen molar-refractivity contribution in [2.45, 2.75) is 26.3 Å². The van der Waals surface area contributed by atoms with Gasteiger partial charge in [-0.05, 0) is 37.5 Å². The van der Waals surface area contributed by atoms with E-state index in [0.717, 1.165) is 44.0 Å². The number of halogens is 1. The number of guanidine groups is 1. The van der Waals surface area contributed by atoms with Crippen LogP contribution < -0.4 is 10.1 Å². The molecule has 1 saturated heterocycles. The summed E-state index contributed by atoms with van der Waals surface area (Å²) < 4.78 is 23.7. The number of benzene rings is 1. The zero-order chi connectivity index (χ0) is 21.3. The van der Waals surface area contributed by atoms with E-state index in [2.05, 4.69) is 15.2 Å². The molecule has 1 N–H and O–H groups in total. The molecule has 0 saturated carbocycles. The van der Waals surface area contributed by atoms with E-state index >= 15 is 0 Å². The fourth-order valence-corrected chi connectivity index (χ4v) is 3.30. The smallest absolute Gasteiger partial charge is 0.308 e. The number of rotatable bonds is 6. The molecule has 1 aliphatic heterocycles. The molecular weight excluding hydrogens is 387 g/mol. The standard InChI is InChI=1S/C22H27FN4O3/c1-3-24-22(27-11-9-17(10-12-27)21(28)29-2)26-15-16-7-8-20(25-14-16)30-19-6-4-5-18(23)13-19/h4-8,13-14,17H,3,9-12,15H2,1-2H3,(H,24,26). The Morgan fingerprint density at radius 3 is 2.73 bits per heavy atom. The Balaban J connectivity index is 1.59. The number of nitrogens with one attached hydrogen (secondary N) is 1. The Labute approximate surface area is 175 Å². The van der Waals surface area contributed by atoms with Gasteiger partial charge in [0.05, 0.1) is 19.6 Å². The number of aliphatic imine (C=N–C) groups is 1. The molecule has 1 aromatic carbocycles. The van der Waals surface area contributed by atoms with E-state index in [1.807, 2.05) is 13.0 Å². The highest BCUT2D eigenvalue weighted by Crippen LogP contribution is 2.21. The molecule has 1 aliphatic rings. The number of hydrogen-bond acceptors (Lipinski definition) is 5. The molecule has 2 aromatic rings. The maximum atomic E-state index is 13.3. The van der Waals surface area contributed by atoms with Crippen LogP contribution in [-0.4, -0.2) is 48.6 Å². The van der Waals surface area contributed by atoms with Gasteiger partial charge in [-0.25, -0.2) is 14.4 Å². The van der Waals surface area contributed by atoms with Crippen molar-refractivity contribution in [3.05, 3.63) is 54.0 Å². The van der Waals surface area contributed by atoms with E-state index in [1.165, 1.54) is 19.2 Å². The Morgan fingerprint density at radius 2 is 2.10 bits per heavy atom. The fourth-order valence-electron chi connectivity index (χ4n) is 3.30. The summed E-state index contributed by atoms with van der Waals surface area (Å²) >= 11 is 0. The number of pyridine rings is 1. The van der Waals surface area contributed by atoms with E-state index in [-0.39, 0.29) is 17.7 Å². The zero-order valence-electron chi connectivity index (χ0n) is 17.3. The van der Waals surface area contributed by atoms with Gasteiger partial charge in [0, 0.05) is 38.0 Å². The number of esters is 1. The molecule has 0 bridgehead atoms. The molecule has 1 fully saturated rings. The van der Waals surface area contributed by atoms with Gasteiger partial charge in [0.15, 0.2) is 5.96 Å². The SMILES string of the molecule is CCNC(=NCc1ccc(Oc2cccc(F)c2)nc1)N1CCC(C(=O)OC)CC1. The van der Waals surface area contributed by atoms with Crippen LogP contribution in [0.15, 0.2) is 47.6 Å². The van der Waals surface area contributed by atoms with Crippen LogP contribution in [0.3, 0.4) is 0 Å². The van der Waals surface area contributed by atoms with Crippen LogP contribution in [0.1, 0.15) is 25.3 Å². The summed E-state index contributed by atoms with van der Waals surface area (Å²) in [6.07, 6.45) is 3.21. The lowest BCUT2D eigenvalue weighted by Gasteiger charge is -2.33. The molecule has 3 rings (SSSR count). The molecule has 2 heterocycles. The summed E-state index contributed by atoms with van der Waals surface area (Å²) in [5.74, 6) is 1.08. The van der Waals surface area contributed by atoms with Crippen LogP contribution >= 0.6 is 0 Å². The van der Waals surface area contributed by atoms with Crippen molar-refractivity contribution in [2.24, 2.45) is 10.9 Å². The summed E-state index contributed by atoms with van der Waals surface area (Å²) in [6.45, 7) is 4.76. The van der Waals surface area contributed by atoms with Crippen LogP contribution in [0.25, 0.3) is 0 Å². The average Bonchev–Trinajstić information content (AvgIpc) is 2.77. The number of carbonyl (C=O) groups is 1. The average molecular weight is 414 g/mol. The van der Waals surface area contributed by atoms with Gasteiger partial charge < -0.3 is 19.7 Å². The molecule has 0 unspecified atom stereocenters. The second-order valence-electron chi connectivity index (χ2n) is 7.02. The molecule has 0 atom stereocenters. The first-order valence-electron chi connectivity index (χ1n) is 10.1. The Hall–Kier alpha value is -3.16. The molecule has 0 aliphatic carbocycles. The van der Waals surface area contributed by atoms with Crippen molar-refractivity contribution in [3.8, 4) is 11.6 Å². The van der Waals surface area contributed by atoms with Crippen molar-refractivity contribution >= 4 is 11.9 Å². The van der Waals surface area contributed by atoms with Gasteiger partial charge in [-0.15, -0.1) is 0 Å². The summed E-state index contributed by atoms with van der Waals surface area (Å²) in [5.41, 5.74) is 0.932. The first kappa shape index (κ1) is 21.5. The first-order chi connectivity index (χ1) is 14.6. The van der Waals surface area contributed by atoms with Crippen LogP contribution in [0.5, 0.6) is 11.6 Å². The van der Waals surface area contributed by atoms with Gasteiger partial charge in [0.25, 0.3) is 0 Å². The number of nitrogens with zero attached hydrogens (tertiary/aromatic N) is 3. The van der Waals surface area contributed by atoms with Gasteiger partial charge in [0.1, 0.15) is 11.6 Å². The maximum absolute atomic E-state index is 13.3. The Morgan fingerprint density at radius 1 is 1.30 bits per heavy atom. The lowest BCUT2D eigenvalue weighted by atomic mass is 9.97. The monoisotopic (exact) mass is 414 g/mol. The van der Waals surface area contributed by atoms with Gasteiger partial charge in [-0.3, -0.25) is 4.79 Å². The minimum absolute atomic E-state index is 0.0380. The van der Waals surface area contributed by atoms with Crippen LogP contribution in [0.2, 0.25) is 0 Å². The summed E-state index contributed by atoms with van der Waals surface area (Å²) in [5, 5.41) is 3.31. The van der Waals surface area contributed by atoms with Crippen molar-refractivity contribution in [1.29, 1.82) is 0 Å². The Kier molecular flexibility index (Phi) is 7.59. The largest absolute Gasteiger partial charge is 0.469 e. The van der Waals surface area contributed by atoms with Crippen molar-refractivity contribution in [2.75, 3.05) is 26.7 Å². The quantitative estimate of drug-likeness (QED) is 0.444. The highest BCUT2D eigenvalue weighted by atomic mass is 19.1. The van der Waals surface area contributed by atoms with Gasteiger partial charge >= 0.3 is 5.97 Å². The number of ether oxygens (including phenoxy) is 2. The van der Waals surface area contributed by atoms with Crippen LogP contribution in [0, 0.1) is 11.7 Å². The van der Waals surface area contributed by atoms with E-state index in [4.69, 9.17) is 14.5 Å². The van der Waals surface area contributed by atoms with Crippen molar-refractivity contribution in [1.82, 2.24) is 15.2 Å². The predicted molar refractivity (Wildman–Crippen MR) is 112 cm³/mol. The highest BCUT2D eigenvalue weighted by molar-refractivity contribution is 5.80. The van der Waals surface area contributed by atoms with E-state index in [0.29, 0.717) is 18.2 Å². The third-order valence-electron chi connectivity index (χ3n) is 4.89. The lowest BCUT2D eigenvalue weighted by Crippen LogP contribution is -2.46. The molecule has 30 heavy (non-hydrogen) atoms. The first-order valence-corrected chi connectivity index (χ1v) is 10.1. The second-order valence-corrected chi connectivity index (χ2v) is 7.02. The number of hydrogen-bond donors (Lipinski definition) is 1. The molecule has 0 radical (unpaired) electrons. The third kappa shape index (κ3) is 5.92. The number of likely N-dealkylation sites (tertiary alicyclic amines) is 1. The van der Waals surface area contributed by atoms with E-state index < -0.39 is 0 Å². The molecule has 0 spiro atoms. The molecule has 8 heteroatoms. The Bertz CT molecular complexity index is 865. The van der Waals surface area contributed by atoms with E-state index in [1.54, 1.807) is 24.4 Å². The van der Waals surface area contributed by atoms with Crippen LogP contribution in [0.4, 0.5) is 4.39 Å². The normalized spacial score (nSPS) is 15.0. The lowest BCUT2D eigenvalue weighted by molar-refractivity contribution is -0.146. The molecular formula is C22H27FN4O3. The molecule has 0 amide bonds. The predicted octanol–water partition coefficient (Wildman–Crippen LogP) is 3.36. The fraction of sp³-hybridized carbons (Fsp3) is 0.409. The molecule has 1 aromatic heterocycles. The number of piperidine rings is 1. The van der Waals surface area contributed by atoms with Crippen LogP contribution in [-0.2, 0) is 16.1 Å². The van der Waals surface area contributed by atoms with Crippen molar-refractivity contribution < 1.29 is 18.7 Å². The van der Waals surface area contributed by atoms with E-state index in [9.17, 15) is 9.18 Å². The minimum atomic E-state index is -0.356. The second kappa shape index (κ2) is 10.6. The molecule has 7 nitrogen and oxygen atoms in total. The zero-order valence-corrected chi connectivity index (χ0v) is 17.3. The van der Waals surface area contributed by atoms with Crippen molar-refractivity contribution in [3.63, 3.8) is 0 Å². The summed E-state index contributed by atoms with van der Waals surface area (Å²) in [4.78, 5) is 22.9. The third-order valence-corrected chi connectivity index (χ3v) is 4.89. The molecule has 160 valence electrons. The highest BCUT2D eigenvalue weighted by Gasteiger charge is 2.26. The maximum Gasteiger partial charge on any atom is 0.308 e. The summed E-state index contributed by atoms with van der Waals surface area (Å²) in [7, 11) is 1.43. The number of methoxy groups -OCH3 is 1. The van der Waals surface area contributed by atoms with Gasteiger partial charge in [-0.1, -0.05) is 12.1 Å². The number of aromatic nitrogens is 1. The summed E-state index contributed by atoms with van der Waals surface area (Å²) in [6, 6.07) is 9.56. The van der Waals surface area contributed by atoms with Gasteiger partial charge in [0.2, 0.25) is 5.88 Å². The topological polar surface area (TPSA) is 76.1 Å². The minimum Gasteiger partial charge on any atom is -0.469 e. The number of carbonyl (C=O) groups excluding carboxylic acids is 1.